The van der Waals surface area contributed by atoms with Crippen LogP contribution in [0.25, 0.3) is 5.57 Å². The molecule has 2 unspecified atom stereocenters. The van der Waals surface area contributed by atoms with Gasteiger partial charge in [0.2, 0.25) is 5.91 Å². The number of nitrogens with one attached hydrogen (secondary N) is 1. The summed E-state index contributed by atoms with van der Waals surface area (Å²) in [5.41, 5.74) is 4.84. The number of fused-ring (bicyclic) bond motifs is 3. The monoisotopic (exact) mass is 391 g/mol. The Bertz CT molecular complexity index is 1050. The van der Waals surface area contributed by atoms with Crippen LogP contribution < -0.4 is 5.32 Å². The SMILES string of the molecule is Cc1cccc(C2=CC3CC2N(C(=O)CN2Cc4cc(F)ccc4NC2=O)C3)c1. The third kappa shape index (κ3) is 3.18. The Morgan fingerprint density at radius 2 is 2.10 bits per heavy atom. The topological polar surface area (TPSA) is 52.7 Å². The first kappa shape index (κ1) is 17.9. The maximum atomic E-state index is 13.5. The summed E-state index contributed by atoms with van der Waals surface area (Å²) in [6, 6.07) is 12.4. The van der Waals surface area contributed by atoms with Crippen molar-refractivity contribution in [1.29, 1.82) is 0 Å². The Hall–Kier alpha value is -3.15. The molecule has 2 aromatic rings. The Balaban J connectivity index is 1.32. The minimum atomic E-state index is -0.351. The third-order valence-electron chi connectivity index (χ3n) is 6.06. The van der Waals surface area contributed by atoms with Gasteiger partial charge < -0.3 is 15.1 Å². The smallest absolute Gasteiger partial charge is 0.322 e. The van der Waals surface area contributed by atoms with Crippen LogP contribution in [0.3, 0.4) is 0 Å². The molecule has 0 saturated carbocycles. The molecule has 3 aliphatic rings. The zero-order valence-corrected chi connectivity index (χ0v) is 16.2. The lowest BCUT2D eigenvalue weighted by atomic mass is 9.98. The van der Waals surface area contributed by atoms with Crippen molar-refractivity contribution >= 4 is 23.2 Å². The van der Waals surface area contributed by atoms with Crippen LogP contribution in [0, 0.1) is 18.7 Å². The van der Waals surface area contributed by atoms with Crippen molar-refractivity contribution in [1.82, 2.24) is 9.80 Å². The van der Waals surface area contributed by atoms with E-state index in [1.54, 1.807) is 6.07 Å². The molecule has 1 fully saturated rings. The van der Waals surface area contributed by atoms with Crippen LogP contribution in [0.15, 0.2) is 48.5 Å². The van der Waals surface area contributed by atoms with Gasteiger partial charge in [-0.1, -0.05) is 35.9 Å². The summed E-state index contributed by atoms with van der Waals surface area (Å²) < 4.78 is 13.5. The van der Waals surface area contributed by atoms with Crippen LogP contribution in [-0.4, -0.2) is 40.9 Å². The van der Waals surface area contributed by atoms with Crippen LogP contribution in [0.4, 0.5) is 14.9 Å². The second-order valence-corrected chi connectivity index (χ2v) is 8.14. The number of urea groups is 1. The van der Waals surface area contributed by atoms with E-state index in [0.717, 1.165) is 12.0 Å². The van der Waals surface area contributed by atoms with Gasteiger partial charge in [0.15, 0.2) is 0 Å². The van der Waals surface area contributed by atoms with E-state index in [2.05, 4.69) is 36.5 Å². The van der Waals surface area contributed by atoms with Crippen molar-refractivity contribution < 1.29 is 14.0 Å². The molecular formula is C23H22FN3O2. The average molecular weight is 391 g/mol. The fraction of sp³-hybridized carbons (Fsp3) is 0.304. The molecular weight excluding hydrogens is 369 g/mol. The molecule has 2 bridgehead atoms. The lowest BCUT2D eigenvalue weighted by Crippen LogP contribution is -2.48. The first-order valence-electron chi connectivity index (χ1n) is 9.90. The molecule has 2 heterocycles. The molecule has 1 N–H and O–H groups in total. The molecule has 1 aliphatic carbocycles. The normalized spacial score (nSPS) is 22.4. The van der Waals surface area contributed by atoms with Gasteiger partial charge in [-0.25, -0.2) is 9.18 Å². The summed E-state index contributed by atoms with van der Waals surface area (Å²) in [4.78, 5) is 28.8. The van der Waals surface area contributed by atoms with E-state index in [-0.39, 0.29) is 36.9 Å². The van der Waals surface area contributed by atoms with E-state index in [1.165, 1.54) is 28.2 Å². The highest BCUT2D eigenvalue weighted by Crippen LogP contribution is 2.42. The number of carbonyl (C=O) groups excluding carboxylic acids is 2. The van der Waals surface area contributed by atoms with Crippen molar-refractivity contribution in [2.24, 2.45) is 5.92 Å². The number of halogens is 1. The van der Waals surface area contributed by atoms with E-state index < -0.39 is 0 Å². The van der Waals surface area contributed by atoms with Gasteiger partial charge in [-0.3, -0.25) is 4.79 Å². The number of nitrogens with zero attached hydrogens (tertiary/aromatic N) is 2. The van der Waals surface area contributed by atoms with Gasteiger partial charge in [-0.15, -0.1) is 0 Å². The van der Waals surface area contributed by atoms with Crippen LogP contribution in [0.5, 0.6) is 0 Å². The molecule has 5 rings (SSSR count). The summed E-state index contributed by atoms with van der Waals surface area (Å²) in [5, 5.41) is 2.75. The molecule has 0 radical (unpaired) electrons. The number of rotatable bonds is 3. The second kappa shape index (κ2) is 6.72. The van der Waals surface area contributed by atoms with Gasteiger partial charge in [0.1, 0.15) is 12.4 Å². The molecule has 148 valence electrons. The molecule has 6 heteroatoms. The molecule has 3 amide bonds. The summed E-state index contributed by atoms with van der Waals surface area (Å²) in [6.07, 6.45) is 3.23. The predicted octanol–water partition coefficient (Wildman–Crippen LogP) is 3.80. The molecule has 2 aliphatic heterocycles. The fourth-order valence-electron chi connectivity index (χ4n) is 4.71. The van der Waals surface area contributed by atoms with Crippen molar-refractivity contribution in [3.8, 4) is 0 Å². The predicted molar refractivity (Wildman–Crippen MR) is 109 cm³/mol. The number of anilines is 1. The zero-order chi connectivity index (χ0) is 20.1. The lowest BCUT2D eigenvalue weighted by molar-refractivity contribution is -0.132. The van der Waals surface area contributed by atoms with E-state index >= 15 is 0 Å². The Morgan fingerprint density at radius 3 is 2.90 bits per heavy atom. The van der Waals surface area contributed by atoms with Gasteiger partial charge in [0, 0.05) is 12.2 Å². The number of amides is 3. The highest BCUT2D eigenvalue weighted by atomic mass is 19.1. The number of benzene rings is 2. The molecule has 0 aromatic heterocycles. The fourth-order valence-corrected chi connectivity index (χ4v) is 4.71. The number of hydrogen-bond acceptors (Lipinski definition) is 2. The quantitative estimate of drug-likeness (QED) is 0.865. The minimum absolute atomic E-state index is 0.00783. The average Bonchev–Trinajstić information content (AvgIpc) is 3.30. The Kier molecular flexibility index (Phi) is 4.15. The number of likely N-dealkylation sites (tertiary alicyclic amines) is 1. The van der Waals surface area contributed by atoms with Crippen LogP contribution in [0.2, 0.25) is 0 Å². The number of hydrogen-bond donors (Lipinski definition) is 1. The minimum Gasteiger partial charge on any atom is -0.333 e. The highest BCUT2D eigenvalue weighted by molar-refractivity contribution is 5.95. The van der Waals surface area contributed by atoms with Gasteiger partial charge in [0.25, 0.3) is 0 Å². The summed E-state index contributed by atoms with van der Waals surface area (Å²) in [7, 11) is 0. The molecule has 29 heavy (non-hydrogen) atoms. The number of carbonyl (C=O) groups is 2. The lowest BCUT2D eigenvalue weighted by Gasteiger charge is -2.33. The van der Waals surface area contributed by atoms with Crippen molar-refractivity contribution in [2.45, 2.75) is 25.9 Å². The van der Waals surface area contributed by atoms with E-state index in [4.69, 9.17) is 0 Å². The van der Waals surface area contributed by atoms with Gasteiger partial charge in [-0.05, 0) is 54.2 Å². The van der Waals surface area contributed by atoms with Crippen LogP contribution >= 0.6 is 0 Å². The zero-order valence-electron chi connectivity index (χ0n) is 16.2. The summed E-state index contributed by atoms with van der Waals surface area (Å²) in [5.74, 6) is -0.0498. The van der Waals surface area contributed by atoms with Crippen molar-refractivity contribution in [3.05, 3.63) is 71.0 Å². The largest absolute Gasteiger partial charge is 0.333 e. The van der Waals surface area contributed by atoms with E-state index in [1.807, 2.05) is 11.0 Å². The molecule has 0 spiro atoms. The van der Waals surface area contributed by atoms with Crippen LogP contribution in [0.1, 0.15) is 23.1 Å². The summed E-state index contributed by atoms with van der Waals surface area (Å²) >= 11 is 0. The first-order chi connectivity index (χ1) is 14.0. The Morgan fingerprint density at radius 1 is 1.24 bits per heavy atom. The maximum Gasteiger partial charge on any atom is 0.322 e. The first-order valence-corrected chi connectivity index (χ1v) is 9.90. The van der Waals surface area contributed by atoms with Gasteiger partial charge >= 0.3 is 6.03 Å². The summed E-state index contributed by atoms with van der Waals surface area (Å²) in [6.45, 7) is 2.98. The van der Waals surface area contributed by atoms with E-state index in [9.17, 15) is 14.0 Å². The maximum absolute atomic E-state index is 13.5. The molecule has 2 aromatic carbocycles. The van der Waals surface area contributed by atoms with Gasteiger partial charge in [0.05, 0.1) is 12.6 Å². The molecule has 2 atom stereocenters. The van der Waals surface area contributed by atoms with E-state index in [0.29, 0.717) is 23.7 Å². The second-order valence-electron chi connectivity index (χ2n) is 8.14. The van der Waals surface area contributed by atoms with Crippen LogP contribution in [-0.2, 0) is 11.3 Å². The number of aryl methyl sites for hydroxylation is 1. The standard InChI is InChI=1S/C23H22FN3O2/c1-14-3-2-4-16(7-14)19-8-15-9-21(19)27(11-15)22(28)13-26-12-17-10-18(24)5-6-20(17)25-23(26)29/h2-8,10,15,21H,9,11-13H2,1H3,(H,25,29). The van der Waals surface area contributed by atoms with Gasteiger partial charge in [-0.2, -0.15) is 0 Å². The van der Waals surface area contributed by atoms with Crippen molar-refractivity contribution in [2.75, 3.05) is 18.4 Å². The highest BCUT2D eigenvalue weighted by Gasteiger charge is 2.42. The third-order valence-corrected chi connectivity index (χ3v) is 6.06. The molecule has 1 saturated heterocycles. The van der Waals surface area contributed by atoms with Crippen molar-refractivity contribution in [3.63, 3.8) is 0 Å². The Labute approximate surface area is 168 Å². The molecule has 5 nitrogen and oxygen atoms in total.